The first kappa shape index (κ1) is 55.4. The van der Waals surface area contributed by atoms with Crippen LogP contribution >= 0.6 is 0 Å². The Labute approximate surface area is 355 Å². The molecular formula is C51H98O6. The molecule has 0 aliphatic rings. The minimum atomic E-state index is -0.758. The number of ether oxygens (including phenoxy) is 3. The van der Waals surface area contributed by atoms with Crippen molar-refractivity contribution in [3.05, 3.63) is 0 Å². The maximum atomic E-state index is 12.7. The van der Waals surface area contributed by atoms with Gasteiger partial charge in [0.25, 0.3) is 0 Å². The number of carbonyl (C=O) groups is 3. The maximum absolute atomic E-state index is 12.7. The van der Waals surface area contributed by atoms with Gasteiger partial charge in [-0.25, -0.2) is 0 Å². The molecule has 0 amide bonds. The number of hydrogen-bond donors (Lipinski definition) is 0. The summed E-state index contributed by atoms with van der Waals surface area (Å²) in [7, 11) is 0. The van der Waals surface area contributed by atoms with Crippen LogP contribution in [0.15, 0.2) is 0 Å². The molecule has 6 nitrogen and oxygen atoms in total. The van der Waals surface area contributed by atoms with E-state index in [1.165, 1.54) is 193 Å². The van der Waals surface area contributed by atoms with Crippen molar-refractivity contribution in [2.75, 3.05) is 13.2 Å². The summed E-state index contributed by atoms with van der Waals surface area (Å²) in [5.41, 5.74) is 0. The van der Waals surface area contributed by atoms with Crippen LogP contribution in [0.1, 0.15) is 290 Å². The molecule has 0 aromatic rings. The van der Waals surface area contributed by atoms with Crippen molar-refractivity contribution in [3.63, 3.8) is 0 Å². The lowest BCUT2D eigenvalue weighted by Gasteiger charge is -2.18. The highest BCUT2D eigenvalue weighted by Gasteiger charge is 2.19. The predicted molar refractivity (Wildman–Crippen MR) is 243 cm³/mol. The summed E-state index contributed by atoms with van der Waals surface area (Å²) in [6, 6.07) is 0. The van der Waals surface area contributed by atoms with Gasteiger partial charge in [-0.1, -0.05) is 252 Å². The third-order valence-electron chi connectivity index (χ3n) is 11.6. The van der Waals surface area contributed by atoms with E-state index in [1.54, 1.807) is 0 Å². The average molecular weight is 807 g/mol. The van der Waals surface area contributed by atoms with Gasteiger partial charge in [0.2, 0.25) is 0 Å². The first-order valence-corrected chi connectivity index (χ1v) is 25.5. The van der Waals surface area contributed by atoms with Crippen LogP contribution in [0.2, 0.25) is 0 Å². The molecular weight excluding hydrogens is 709 g/mol. The second-order valence-corrected chi connectivity index (χ2v) is 17.5. The van der Waals surface area contributed by atoms with Gasteiger partial charge in [0.15, 0.2) is 6.10 Å². The summed E-state index contributed by atoms with van der Waals surface area (Å²) in [6.07, 6.45) is 49.4. The van der Waals surface area contributed by atoms with E-state index >= 15 is 0 Å². The largest absolute Gasteiger partial charge is 0.462 e. The number of esters is 3. The van der Waals surface area contributed by atoms with Crippen LogP contribution < -0.4 is 0 Å². The molecule has 0 N–H and O–H groups in total. The summed E-state index contributed by atoms with van der Waals surface area (Å²) in [6.45, 7) is 6.66. The highest BCUT2D eigenvalue weighted by molar-refractivity contribution is 5.71. The molecule has 6 heteroatoms. The maximum Gasteiger partial charge on any atom is 0.306 e. The molecule has 1 unspecified atom stereocenters. The molecule has 57 heavy (non-hydrogen) atoms. The zero-order valence-electron chi connectivity index (χ0n) is 38.6. The molecule has 0 heterocycles. The minimum absolute atomic E-state index is 0.0621. The van der Waals surface area contributed by atoms with Gasteiger partial charge in [-0.15, -0.1) is 0 Å². The number of unbranched alkanes of at least 4 members (excludes halogenated alkanes) is 36. The molecule has 0 spiro atoms. The Morgan fingerprint density at radius 1 is 0.281 bits per heavy atom. The number of carbonyl (C=O) groups excluding carboxylic acids is 3. The van der Waals surface area contributed by atoms with E-state index < -0.39 is 6.10 Å². The van der Waals surface area contributed by atoms with E-state index in [0.29, 0.717) is 19.3 Å². The van der Waals surface area contributed by atoms with Crippen LogP contribution in [0, 0.1) is 0 Å². The van der Waals surface area contributed by atoms with Crippen molar-refractivity contribution < 1.29 is 28.6 Å². The lowest BCUT2D eigenvalue weighted by Crippen LogP contribution is -2.30. The van der Waals surface area contributed by atoms with Crippen LogP contribution in [0.25, 0.3) is 0 Å². The van der Waals surface area contributed by atoms with Gasteiger partial charge in [-0.2, -0.15) is 0 Å². The molecule has 0 radical (unpaired) electrons. The van der Waals surface area contributed by atoms with E-state index in [2.05, 4.69) is 20.8 Å². The molecule has 0 aliphatic heterocycles. The Balaban J connectivity index is 4.24. The summed E-state index contributed by atoms with van der Waals surface area (Å²) in [5.74, 6) is -0.845. The summed E-state index contributed by atoms with van der Waals surface area (Å²) in [5, 5.41) is 0. The first-order valence-electron chi connectivity index (χ1n) is 25.5. The summed E-state index contributed by atoms with van der Waals surface area (Å²) in [4.78, 5) is 37.8. The lowest BCUT2D eigenvalue weighted by molar-refractivity contribution is -0.167. The quantitative estimate of drug-likeness (QED) is 0.0346. The molecule has 0 aromatic carbocycles. The molecule has 0 bridgehead atoms. The first-order chi connectivity index (χ1) is 28.0. The Kier molecular flexibility index (Phi) is 45.8. The smallest absolute Gasteiger partial charge is 0.306 e. The molecule has 0 rings (SSSR count). The molecule has 0 saturated heterocycles. The van der Waals surface area contributed by atoms with Crippen LogP contribution in [0.3, 0.4) is 0 Å². The van der Waals surface area contributed by atoms with Crippen LogP contribution in [0.4, 0.5) is 0 Å². The highest BCUT2D eigenvalue weighted by Crippen LogP contribution is 2.17. The van der Waals surface area contributed by atoms with Gasteiger partial charge in [0.1, 0.15) is 13.2 Å². The SMILES string of the molecule is CCCCCCCCCCCCCCCCCCCC(=O)OCC(COC(=O)CCCCCCCCCCC)OC(=O)CCCCCCCCCCCCCCC. The average Bonchev–Trinajstić information content (AvgIpc) is 3.21. The van der Waals surface area contributed by atoms with Crippen LogP contribution in [0.5, 0.6) is 0 Å². The van der Waals surface area contributed by atoms with Crippen molar-refractivity contribution in [2.45, 2.75) is 297 Å². The fourth-order valence-corrected chi connectivity index (χ4v) is 7.74. The van der Waals surface area contributed by atoms with E-state index in [9.17, 15) is 14.4 Å². The van der Waals surface area contributed by atoms with Gasteiger partial charge in [0, 0.05) is 19.3 Å². The van der Waals surface area contributed by atoms with Crippen molar-refractivity contribution in [3.8, 4) is 0 Å². The second-order valence-electron chi connectivity index (χ2n) is 17.5. The van der Waals surface area contributed by atoms with Crippen molar-refractivity contribution in [2.24, 2.45) is 0 Å². The Hall–Kier alpha value is -1.59. The fourth-order valence-electron chi connectivity index (χ4n) is 7.74. The minimum Gasteiger partial charge on any atom is -0.462 e. The van der Waals surface area contributed by atoms with Crippen molar-refractivity contribution in [1.29, 1.82) is 0 Å². The predicted octanol–water partition coefficient (Wildman–Crippen LogP) is 16.4. The summed E-state index contributed by atoms with van der Waals surface area (Å²) < 4.78 is 16.8. The van der Waals surface area contributed by atoms with Gasteiger partial charge in [0.05, 0.1) is 0 Å². The van der Waals surface area contributed by atoms with Gasteiger partial charge in [-0.05, 0) is 19.3 Å². The normalized spacial score (nSPS) is 11.8. The molecule has 0 aromatic heterocycles. The van der Waals surface area contributed by atoms with E-state index in [-0.39, 0.29) is 31.1 Å². The van der Waals surface area contributed by atoms with E-state index in [1.807, 2.05) is 0 Å². The molecule has 338 valence electrons. The van der Waals surface area contributed by atoms with Crippen molar-refractivity contribution >= 4 is 17.9 Å². The summed E-state index contributed by atoms with van der Waals surface area (Å²) >= 11 is 0. The lowest BCUT2D eigenvalue weighted by atomic mass is 10.0. The Morgan fingerprint density at radius 3 is 0.702 bits per heavy atom. The van der Waals surface area contributed by atoms with Gasteiger partial charge >= 0.3 is 17.9 Å². The number of rotatable bonds is 47. The molecule has 1 atom stereocenters. The topological polar surface area (TPSA) is 78.9 Å². The van der Waals surface area contributed by atoms with Crippen LogP contribution in [-0.4, -0.2) is 37.2 Å². The zero-order valence-corrected chi connectivity index (χ0v) is 38.6. The van der Waals surface area contributed by atoms with Crippen LogP contribution in [-0.2, 0) is 28.6 Å². The molecule has 0 saturated carbocycles. The monoisotopic (exact) mass is 807 g/mol. The van der Waals surface area contributed by atoms with E-state index in [4.69, 9.17) is 14.2 Å². The third-order valence-corrected chi connectivity index (χ3v) is 11.6. The Morgan fingerprint density at radius 2 is 0.474 bits per heavy atom. The molecule has 0 aliphatic carbocycles. The zero-order chi connectivity index (χ0) is 41.5. The van der Waals surface area contributed by atoms with Gasteiger partial charge in [-0.3, -0.25) is 14.4 Å². The van der Waals surface area contributed by atoms with E-state index in [0.717, 1.165) is 57.8 Å². The fraction of sp³-hybridized carbons (Fsp3) is 0.941. The van der Waals surface area contributed by atoms with Crippen molar-refractivity contribution in [1.82, 2.24) is 0 Å². The highest BCUT2D eigenvalue weighted by atomic mass is 16.6. The third kappa shape index (κ3) is 45.3. The number of hydrogen-bond acceptors (Lipinski definition) is 6. The van der Waals surface area contributed by atoms with Gasteiger partial charge < -0.3 is 14.2 Å². The Bertz CT molecular complexity index is 844. The second kappa shape index (κ2) is 47.1. The standard InChI is InChI=1S/C51H98O6/c1-4-7-10-13-16-19-21-23-24-25-26-28-29-32-35-38-41-44-50(53)56-47-48(46-55-49(52)43-40-37-34-31-18-15-12-9-6-3)57-51(54)45-42-39-36-33-30-27-22-20-17-14-11-8-5-2/h48H,4-47H2,1-3H3. The molecule has 0 fully saturated rings.